The highest BCUT2D eigenvalue weighted by Gasteiger charge is 2.21. The van der Waals surface area contributed by atoms with E-state index in [0.29, 0.717) is 30.9 Å². The van der Waals surface area contributed by atoms with Crippen LogP contribution >= 0.6 is 0 Å². The fraction of sp³-hybridized carbons (Fsp3) is 0.158. The normalized spacial score (nSPS) is 13.2. The molecule has 0 spiro atoms. The van der Waals surface area contributed by atoms with Crippen molar-refractivity contribution in [1.29, 1.82) is 0 Å². The summed E-state index contributed by atoms with van der Waals surface area (Å²) < 4.78 is 0. The van der Waals surface area contributed by atoms with E-state index in [0.717, 1.165) is 12.0 Å². The van der Waals surface area contributed by atoms with E-state index < -0.39 is 4.92 Å². The lowest BCUT2D eigenvalue weighted by atomic mass is 10.1. The molecule has 0 radical (unpaired) electrons. The molecule has 0 fully saturated rings. The molecule has 0 N–H and O–H groups in total. The van der Waals surface area contributed by atoms with Gasteiger partial charge in [-0.15, -0.1) is 0 Å². The van der Waals surface area contributed by atoms with Crippen molar-refractivity contribution >= 4 is 17.9 Å². The molecule has 1 aliphatic rings. The SMILES string of the molecule is O=CN(CCc1ccccc1)N1CC=CN=C1c1ccc([N+](=O)[O-])cc1. The highest BCUT2D eigenvalue weighted by atomic mass is 16.6. The molecule has 2 aromatic carbocycles. The van der Waals surface area contributed by atoms with Crippen LogP contribution in [0.25, 0.3) is 0 Å². The van der Waals surface area contributed by atoms with Gasteiger partial charge in [-0.25, -0.2) is 4.99 Å². The average Bonchev–Trinajstić information content (AvgIpc) is 2.70. The number of rotatable bonds is 7. The van der Waals surface area contributed by atoms with Crippen molar-refractivity contribution < 1.29 is 9.72 Å². The minimum atomic E-state index is -0.443. The summed E-state index contributed by atoms with van der Waals surface area (Å²) >= 11 is 0. The van der Waals surface area contributed by atoms with Crippen molar-refractivity contribution in [3.63, 3.8) is 0 Å². The summed E-state index contributed by atoms with van der Waals surface area (Å²) in [6.45, 7) is 1.01. The number of benzene rings is 2. The molecule has 0 saturated carbocycles. The van der Waals surface area contributed by atoms with Crippen LogP contribution in [0.4, 0.5) is 5.69 Å². The van der Waals surface area contributed by atoms with Gasteiger partial charge < -0.3 is 0 Å². The molecule has 1 amide bonds. The zero-order valence-corrected chi connectivity index (χ0v) is 14.1. The smallest absolute Gasteiger partial charge is 0.269 e. The Morgan fingerprint density at radius 1 is 1.15 bits per heavy atom. The third kappa shape index (κ3) is 3.94. The van der Waals surface area contributed by atoms with Gasteiger partial charge in [0.2, 0.25) is 6.41 Å². The van der Waals surface area contributed by atoms with Crippen molar-refractivity contribution in [3.05, 3.63) is 88.1 Å². The van der Waals surface area contributed by atoms with Crippen LogP contribution in [0, 0.1) is 10.1 Å². The number of hydrogen-bond acceptors (Lipinski definition) is 5. The average molecular weight is 350 g/mol. The number of nitrogens with zero attached hydrogens (tertiary/aromatic N) is 4. The van der Waals surface area contributed by atoms with Crippen LogP contribution < -0.4 is 0 Å². The van der Waals surface area contributed by atoms with Crippen LogP contribution in [-0.4, -0.2) is 40.3 Å². The fourth-order valence-electron chi connectivity index (χ4n) is 2.72. The lowest BCUT2D eigenvalue weighted by molar-refractivity contribution is -0.384. The first-order valence-electron chi connectivity index (χ1n) is 8.20. The van der Waals surface area contributed by atoms with E-state index in [-0.39, 0.29) is 5.69 Å². The van der Waals surface area contributed by atoms with Gasteiger partial charge in [-0.1, -0.05) is 30.3 Å². The molecule has 132 valence electrons. The van der Waals surface area contributed by atoms with Gasteiger partial charge in [-0.2, -0.15) is 0 Å². The molecule has 2 aromatic rings. The molecular formula is C19H18N4O3. The molecule has 0 aliphatic carbocycles. The zero-order chi connectivity index (χ0) is 18.4. The Morgan fingerprint density at radius 3 is 2.54 bits per heavy atom. The second-order valence-electron chi connectivity index (χ2n) is 5.73. The highest BCUT2D eigenvalue weighted by molar-refractivity contribution is 6.00. The number of amides is 1. The Hall–Kier alpha value is -3.48. The van der Waals surface area contributed by atoms with Crippen LogP contribution in [0.3, 0.4) is 0 Å². The fourth-order valence-corrected chi connectivity index (χ4v) is 2.72. The third-order valence-electron chi connectivity index (χ3n) is 4.07. The monoisotopic (exact) mass is 350 g/mol. The maximum Gasteiger partial charge on any atom is 0.269 e. The van der Waals surface area contributed by atoms with Gasteiger partial charge >= 0.3 is 0 Å². The van der Waals surface area contributed by atoms with Gasteiger partial charge in [0, 0.05) is 30.4 Å². The van der Waals surface area contributed by atoms with Crippen molar-refractivity contribution in [3.8, 4) is 0 Å². The number of nitro groups is 1. The van der Waals surface area contributed by atoms with Gasteiger partial charge in [-0.3, -0.25) is 24.9 Å². The lowest BCUT2D eigenvalue weighted by Crippen LogP contribution is -2.48. The second-order valence-corrected chi connectivity index (χ2v) is 5.73. The molecule has 26 heavy (non-hydrogen) atoms. The number of nitro benzene ring substituents is 1. The summed E-state index contributed by atoms with van der Waals surface area (Å²) in [6.07, 6.45) is 5.03. The first-order chi connectivity index (χ1) is 12.7. The van der Waals surface area contributed by atoms with E-state index in [1.165, 1.54) is 12.1 Å². The molecule has 0 bridgehead atoms. The summed E-state index contributed by atoms with van der Waals surface area (Å²) in [5, 5.41) is 14.2. The molecule has 7 heteroatoms. The number of carbonyl (C=O) groups is 1. The Bertz CT molecular complexity index is 832. The van der Waals surface area contributed by atoms with Crippen LogP contribution in [-0.2, 0) is 11.2 Å². The topological polar surface area (TPSA) is 79.0 Å². The van der Waals surface area contributed by atoms with E-state index in [9.17, 15) is 14.9 Å². The number of amidine groups is 1. The van der Waals surface area contributed by atoms with Gasteiger partial charge in [0.1, 0.15) is 0 Å². The Morgan fingerprint density at radius 2 is 1.88 bits per heavy atom. The number of hydrazine groups is 1. The molecule has 0 aromatic heterocycles. The number of hydrogen-bond donors (Lipinski definition) is 0. The summed E-state index contributed by atoms with van der Waals surface area (Å²) in [5.74, 6) is 0.586. The number of carbonyl (C=O) groups excluding carboxylic acids is 1. The van der Waals surface area contributed by atoms with Crippen molar-refractivity contribution in [2.45, 2.75) is 6.42 Å². The van der Waals surface area contributed by atoms with E-state index in [1.807, 2.05) is 36.4 Å². The third-order valence-corrected chi connectivity index (χ3v) is 4.07. The predicted octanol–water partition coefficient (Wildman–Crippen LogP) is 2.79. The Labute approximate surface area is 151 Å². The first-order valence-corrected chi connectivity index (χ1v) is 8.20. The quantitative estimate of drug-likeness (QED) is 0.437. The highest BCUT2D eigenvalue weighted by Crippen LogP contribution is 2.17. The minimum Gasteiger partial charge on any atom is -0.277 e. The largest absolute Gasteiger partial charge is 0.277 e. The summed E-state index contributed by atoms with van der Waals surface area (Å²) in [7, 11) is 0. The first kappa shape index (κ1) is 17.3. The van der Waals surface area contributed by atoms with E-state index in [2.05, 4.69) is 4.99 Å². The van der Waals surface area contributed by atoms with Crippen molar-refractivity contribution in [2.75, 3.05) is 13.1 Å². The zero-order valence-electron chi connectivity index (χ0n) is 14.1. The minimum absolute atomic E-state index is 0.0172. The van der Waals surface area contributed by atoms with Crippen LogP contribution in [0.5, 0.6) is 0 Å². The summed E-state index contributed by atoms with van der Waals surface area (Å²) in [4.78, 5) is 26.4. The molecule has 1 heterocycles. The van der Waals surface area contributed by atoms with Gasteiger partial charge in [-0.05, 0) is 30.2 Å². The van der Waals surface area contributed by atoms with Crippen molar-refractivity contribution in [1.82, 2.24) is 10.0 Å². The van der Waals surface area contributed by atoms with E-state index in [1.54, 1.807) is 28.4 Å². The van der Waals surface area contributed by atoms with E-state index >= 15 is 0 Å². The molecule has 1 aliphatic heterocycles. The molecule has 0 saturated heterocycles. The van der Waals surface area contributed by atoms with Crippen molar-refractivity contribution in [2.24, 2.45) is 4.99 Å². The van der Waals surface area contributed by atoms with Crippen LogP contribution in [0.15, 0.2) is 71.9 Å². The van der Waals surface area contributed by atoms with Crippen LogP contribution in [0.2, 0.25) is 0 Å². The molecule has 3 rings (SSSR count). The molecule has 0 atom stereocenters. The van der Waals surface area contributed by atoms with Gasteiger partial charge in [0.15, 0.2) is 5.84 Å². The molecule has 0 unspecified atom stereocenters. The number of aliphatic imine (C=N–C) groups is 1. The molecular weight excluding hydrogens is 332 g/mol. The standard InChI is InChI=1S/C19H18N4O3/c24-15-21(14-11-16-5-2-1-3-6-16)22-13-4-12-20-19(22)17-7-9-18(10-8-17)23(25)26/h1-10,12,15H,11,13-14H2. The van der Waals surface area contributed by atoms with Crippen LogP contribution in [0.1, 0.15) is 11.1 Å². The Kier molecular flexibility index (Phi) is 5.38. The maximum absolute atomic E-state index is 11.7. The maximum atomic E-state index is 11.7. The Balaban J connectivity index is 1.77. The molecule has 7 nitrogen and oxygen atoms in total. The van der Waals surface area contributed by atoms with Gasteiger partial charge in [0.05, 0.1) is 11.5 Å². The number of non-ortho nitro benzene ring substituents is 1. The summed E-state index contributed by atoms with van der Waals surface area (Å²) in [6, 6.07) is 16.1. The van der Waals surface area contributed by atoms with Gasteiger partial charge in [0.25, 0.3) is 5.69 Å². The summed E-state index contributed by atoms with van der Waals surface area (Å²) in [5.41, 5.74) is 1.87. The second kappa shape index (κ2) is 8.06. The van der Waals surface area contributed by atoms with E-state index in [4.69, 9.17) is 0 Å². The predicted molar refractivity (Wildman–Crippen MR) is 98.4 cm³/mol. The lowest BCUT2D eigenvalue weighted by Gasteiger charge is -2.35.